The number of halogens is 1. The fourth-order valence-electron chi connectivity index (χ4n) is 1.64. The highest BCUT2D eigenvalue weighted by Gasteiger charge is 2.13. The Labute approximate surface area is 108 Å². The van der Waals surface area contributed by atoms with Gasteiger partial charge in [-0.2, -0.15) is 0 Å². The van der Waals surface area contributed by atoms with Crippen LogP contribution in [0, 0.1) is 5.92 Å². The normalized spacial score (nSPS) is 10.9. The van der Waals surface area contributed by atoms with Crippen LogP contribution in [0.2, 0.25) is 5.02 Å². The maximum atomic E-state index is 5.94. The minimum Gasteiger partial charge on any atom is -0.396 e. The van der Waals surface area contributed by atoms with Crippen molar-refractivity contribution in [2.45, 2.75) is 13.8 Å². The molecular formula is C12H20ClN3O. The quantitative estimate of drug-likeness (QED) is 0.850. The van der Waals surface area contributed by atoms with E-state index in [1.54, 1.807) is 19.4 Å². The molecule has 0 unspecified atom stereocenters. The summed E-state index contributed by atoms with van der Waals surface area (Å²) in [7, 11) is 1.69. The molecule has 0 aliphatic heterocycles. The fraction of sp³-hybridized carbons (Fsp3) is 0.583. The van der Waals surface area contributed by atoms with E-state index in [0.717, 1.165) is 18.9 Å². The molecule has 0 aliphatic rings. The number of aromatic nitrogens is 1. The lowest BCUT2D eigenvalue weighted by atomic mass is 10.2. The second-order valence-corrected chi connectivity index (χ2v) is 4.84. The van der Waals surface area contributed by atoms with E-state index in [0.29, 0.717) is 23.2 Å². The Morgan fingerprint density at radius 1 is 1.53 bits per heavy atom. The van der Waals surface area contributed by atoms with Crippen LogP contribution in [-0.2, 0) is 4.74 Å². The predicted molar refractivity (Wildman–Crippen MR) is 72.6 cm³/mol. The lowest BCUT2D eigenvalue weighted by Crippen LogP contribution is -2.32. The molecule has 0 aromatic carbocycles. The van der Waals surface area contributed by atoms with Gasteiger partial charge in [-0.15, -0.1) is 0 Å². The number of hydrogen-bond donors (Lipinski definition) is 1. The summed E-state index contributed by atoms with van der Waals surface area (Å²) in [6.45, 7) is 6.63. The number of pyridine rings is 1. The molecule has 0 saturated carbocycles. The molecule has 2 N–H and O–H groups in total. The molecule has 0 aliphatic carbocycles. The molecule has 96 valence electrons. The Bertz CT molecular complexity index is 358. The summed E-state index contributed by atoms with van der Waals surface area (Å²) in [5, 5.41) is 0.558. The van der Waals surface area contributed by atoms with E-state index in [1.807, 2.05) is 0 Å². The van der Waals surface area contributed by atoms with E-state index in [4.69, 9.17) is 22.1 Å². The van der Waals surface area contributed by atoms with Gasteiger partial charge >= 0.3 is 0 Å². The Hall–Kier alpha value is -1.00. The van der Waals surface area contributed by atoms with E-state index in [2.05, 4.69) is 23.7 Å². The SMILES string of the molecule is COCCN(CC(C)C)c1ncc(Cl)cc1N. The van der Waals surface area contributed by atoms with Gasteiger partial charge in [0.05, 0.1) is 17.3 Å². The van der Waals surface area contributed by atoms with Gasteiger partial charge < -0.3 is 15.4 Å². The number of nitrogens with two attached hydrogens (primary N) is 1. The smallest absolute Gasteiger partial charge is 0.151 e. The third-order valence-electron chi connectivity index (χ3n) is 2.31. The van der Waals surface area contributed by atoms with Crippen molar-refractivity contribution in [1.82, 2.24) is 4.98 Å². The van der Waals surface area contributed by atoms with Crippen LogP contribution in [0.5, 0.6) is 0 Å². The van der Waals surface area contributed by atoms with Crippen LogP contribution in [0.4, 0.5) is 11.5 Å². The molecular weight excluding hydrogens is 238 g/mol. The van der Waals surface area contributed by atoms with E-state index in [-0.39, 0.29) is 0 Å². The summed E-state index contributed by atoms with van der Waals surface area (Å²) in [5.74, 6) is 1.31. The maximum absolute atomic E-state index is 5.94. The average molecular weight is 258 g/mol. The van der Waals surface area contributed by atoms with Crippen molar-refractivity contribution in [2.75, 3.05) is 37.4 Å². The predicted octanol–water partition coefficient (Wildman–Crippen LogP) is 2.43. The maximum Gasteiger partial charge on any atom is 0.151 e. The van der Waals surface area contributed by atoms with Gasteiger partial charge in [0.15, 0.2) is 5.82 Å². The molecule has 4 nitrogen and oxygen atoms in total. The first-order valence-corrected chi connectivity index (χ1v) is 6.07. The number of nitrogen functional groups attached to an aromatic ring is 1. The van der Waals surface area contributed by atoms with Crippen molar-refractivity contribution in [3.05, 3.63) is 17.3 Å². The van der Waals surface area contributed by atoms with E-state index in [1.165, 1.54) is 0 Å². The van der Waals surface area contributed by atoms with Gasteiger partial charge in [-0.3, -0.25) is 0 Å². The number of ether oxygens (including phenoxy) is 1. The Balaban J connectivity index is 2.86. The first-order chi connectivity index (χ1) is 8.04. The highest BCUT2D eigenvalue weighted by atomic mass is 35.5. The molecule has 0 fully saturated rings. The van der Waals surface area contributed by atoms with Crippen molar-refractivity contribution in [3.8, 4) is 0 Å². The van der Waals surface area contributed by atoms with Crippen LogP contribution in [0.15, 0.2) is 12.3 Å². The second kappa shape index (κ2) is 6.67. The Kier molecular flexibility index (Phi) is 5.51. The molecule has 0 radical (unpaired) electrons. The van der Waals surface area contributed by atoms with Crippen LogP contribution in [0.1, 0.15) is 13.8 Å². The molecule has 0 bridgehead atoms. The van der Waals surface area contributed by atoms with Gasteiger partial charge in [-0.1, -0.05) is 25.4 Å². The molecule has 1 aromatic rings. The van der Waals surface area contributed by atoms with Gasteiger partial charge in [-0.25, -0.2) is 4.98 Å². The minimum atomic E-state index is 0.531. The van der Waals surface area contributed by atoms with Crippen LogP contribution in [-0.4, -0.2) is 31.8 Å². The van der Waals surface area contributed by atoms with Crippen molar-refractivity contribution in [2.24, 2.45) is 5.92 Å². The average Bonchev–Trinajstić information content (AvgIpc) is 2.24. The summed E-state index contributed by atoms with van der Waals surface area (Å²) in [5.41, 5.74) is 6.55. The summed E-state index contributed by atoms with van der Waals surface area (Å²) in [6, 6.07) is 1.73. The van der Waals surface area contributed by atoms with Crippen molar-refractivity contribution < 1.29 is 4.74 Å². The third kappa shape index (κ3) is 4.40. The molecule has 0 saturated heterocycles. The second-order valence-electron chi connectivity index (χ2n) is 4.40. The summed E-state index contributed by atoms with van der Waals surface area (Å²) in [6.07, 6.45) is 1.62. The van der Waals surface area contributed by atoms with Gasteiger partial charge in [0.1, 0.15) is 0 Å². The lowest BCUT2D eigenvalue weighted by Gasteiger charge is -2.26. The fourth-order valence-corrected chi connectivity index (χ4v) is 1.80. The van der Waals surface area contributed by atoms with Crippen LogP contribution >= 0.6 is 11.6 Å². The molecule has 5 heteroatoms. The van der Waals surface area contributed by atoms with Crippen molar-refractivity contribution in [1.29, 1.82) is 0 Å². The zero-order valence-electron chi connectivity index (χ0n) is 10.6. The summed E-state index contributed by atoms with van der Waals surface area (Å²) < 4.78 is 5.10. The topological polar surface area (TPSA) is 51.4 Å². The molecule has 17 heavy (non-hydrogen) atoms. The first kappa shape index (κ1) is 14.1. The Morgan fingerprint density at radius 3 is 2.76 bits per heavy atom. The van der Waals surface area contributed by atoms with E-state index < -0.39 is 0 Å². The molecule has 1 rings (SSSR count). The molecule has 0 atom stereocenters. The van der Waals surface area contributed by atoms with Crippen LogP contribution < -0.4 is 10.6 Å². The number of rotatable bonds is 6. The summed E-state index contributed by atoms with van der Waals surface area (Å²) >= 11 is 5.85. The van der Waals surface area contributed by atoms with Crippen molar-refractivity contribution in [3.63, 3.8) is 0 Å². The number of nitrogens with zero attached hydrogens (tertiary/aromatic N) is 2. The van der Waals surface area contributed by atoms with Gasteiger partial charge in [-0.05, 0) is 12.0 Å². The minimum absolute atomic E-state index is 0.531. The lowest BCUT2D eigenvalue weighted by molar-refractivity contribution is 0.204. The highest BCUT2D eigenvalue weighted by Crippen LogP contribution is 2.23. The summed E-state index contributed by atoms with van der Waals surface area (Å²) in [4.78, 5) is 6.42. The van der Waals surface area contributed by atoms with Crippen molar-refractivity contribution >= 4 is 23.1 Å². The monoisotopic (exact) mass is 257 g/mol. The highest BCUT2D eigenvalue weighted by molar-refractivity contribution is 6.30. The zero-order valence-corrected chi connectivity index (χ0v) is 11.4. The standard InChI is InChI=1S/C12H20ClN3O/c1-9(2)8-16(4-5-17-3)12-11(14)6-10(13)7-15-12/h6-7,9H,4-5,8,14H2,1-3H3. The number of hydrogen-bond acceptors (Lipinski definition) is 4. The molecule has 1 heterocycles. The largest absolute Gasteiger partial charge is 0.396 e. The Morgan fingerprint density at radius 2 is 2.24 bits per heavy atom. The number of methoxy groups -OCH3 is 1. The van der Waals surface area contributed by atoms with Gasteiger partial charge in [0.2, 0.25) is 0 Å². The van der Waals surface area contributed by atoms with Gasteiger partial charge in [0, 0.05) is 26.4 Å². The van der Waals surface area contributed by atoms with E-state index in [9.17, 15) is 0 Å². The molecule has 1 aromatic heterocycles. The zero-order chi connectivity index (χ0) is 12.8. The van der Waals surface area contributed by atoms with Gasteiger partial charge in [0.25, 0.3) is 0 Å². The third-order valence-corrected chi connectivity index (χ3v) is 2.52. The van der Waals surface area contributed by atoms with Crippen LogP contribution in [0.25, 0.3) is 0 Å². The first-order valence-electron chi connectivity index (χ1n) is 5.69. The number of anilines is 2. The molecule has 0 spiro atoms. The van der Waals surface area contributed by atoms with Crippen LogP contribution in [0.3, 0.4) is 0 Å². The van der Waals surface area contributed by atoms with E-state index >= 15 is 0 Å². The molecule has 0 amide bonds.